The fourth-order valence-electron chi connectivity index (χ4n) is 4.21. The Kier molecular flexibility index (Phi) is 14.7. The molecule has 1 unspecified atom stereocenters. The van der Waals surface area contributed by atoms with E-state index in [0.717, 1.165) is 25.4 Å². The topological polar surface area (TPSA) is 18.5 Å². The smallest absolute Gasteiger partial charge is 0.119 e. The number of benzene rings is 2. The van der Waals surface area contributed by atoms with Crippen molar-refractivity contribution in [3.05, 3.63) is 54.1 Å². The predicted molar refractivity (Wildman–Crippen MR) is 143 cm³/mol. The molecule has 2 nitrogen and oxygen atoms in total. The zero-order chi connectivity index (χ0) is 23.6. The molecule has 0 spiro atoms. The van der Waals surface area contributed by atoms with Crippen molar-refractivity contribution in [1.82, 2.24) is 0 Å². The van der Waals surface area contributed by atoms with E-state index in [1.165, 1.54) is 93.7 Å². The number of hydrogen-bond donors (Lipinski definition) is 0. The van der Waals surface area contributed by atoms with Crippen LogP contribution in [0.3, 0.4) is 0 Å². The van der Waals surface area contributed by atoms with Gasteiger partial charge in [0.15, 0.2) is 0 Å². The van der Waals surface area contributed by atoms with Crippen LogP contribution in [-0.2, 0) is 4.74 Å². The fraction of sp³-hybridized carbons (Fsp3) is 0.613. The van der Waals surface area contributed by atoms with Crippen molar-refractivity contribution >= 4 is 0 Å². The minimum absolute atomic E-state index is 0.150. The SMILES string of the molecule is CCCCCCCCCCCCCCOC(C)c1ccc(-c2ccc(OCCC)cc2)cc1. The van der Waals surface area contributed by atoms with Crippen LogP contribution >= 0.6 is 0 Å². The largest absolute Gasteiger partial charge is 0.494 e. The summed E-state index contributed by atoms with van der Waals surface area (Å²) >= 11 is 0. The first-order chi connectivity index (χ1) is 16.2. The number of rotatable bonds is 19. The summed E-state index contributed by atoms with van der Waals surface area (Å²) < 4.78 is 11.8. The van der Waals surface area contributed by atoms with Crippen LogP contribution in [0.5, 0.6) is 5.75 Å². The van der Waals surface area contributed by atoms with Crippen molar-refractivity contribution in [2.24, 2.45) is 0 Å². The molecule has 184 valence electrons. The van der Waals surface area contributed by atoms with Gasteiger partial charge in [0.25, 0.3) is 0 Å². The summed E-state index contributed by atoms with van der Waals surface area (Å²) in [6.45, 7) is 8.20. The second-order valence-corrected chi connectivity index (χ2v) is 9.40. The Morgan fingerprint density at radius 1 is 0.545 bits per heavy atom. The van der Waals surface area contributed by atoms with E-state index < -0.39 is 0 Å². The van der Waals surface area contributed by atoms with E-state index in [-0.39, 0.29) is 6.10 Å². The van der Waals surface area contributed by atoms with Gasteiger partial charge in [-0.3, -0.25) is 0 Å². The average Bonchev–Trinajstić information content (AvgIpc) is 2.86. The third-order valence-electron chi connectivity index (χ3n) is 6.41. The second-order valence-electron chi connectivity index (χ2n) is 9.40. The molecule has 0 fully saturated rings. The lowest BCUT2D eigenvalue weighted by Gasteiger charge is -2.14. The minimum atomic E-state index is 0.150. The Morgan fingerprint density at radius 3 is 1.55 bits per heavy atom. The van der Waals surface area contributed by atoms with Gasteiger partial charge in [-0.05, 0) is 48.6 Å². The molecule has 2 aromatic carbocycles. The van der Waals surface area contributed by atoms with Gasteiger partial charge in [0.05, 0.1) is 12.7 Å². The van der Waals surface area contributed by atoms with E-state index >= 15 is 0 Å². The molecule has 0 aliphatic rings. The van der Waals surface area contributed by atoms with E-state index in [0.29, 0.717) is 0 Å². The van der Waals surface area contributed by atoms with Crippen LogP contribution in [0.1, 0.15) is 116 Å². The van der Waals surface area contributed by atoms with Crippen molar-refractivity contribution in [3.63, 3.8) is 0 Å². The molecule has 0 aliphatic carbocycles. The Balaban J connectivity index is 1.55. The van der Waals surface area contributed by atoms with E-state index in [4.69, 9.17) is 9.47 Å². The normalized spacial score (nSPS) is 12.1. The van der Waals surface area contributed by atoms with Gasteiger partial charge < -0.3 is 9.47 Å². The Morgan fingerprint density at radius 2 is 1.03 bits per heavy atom. The second kappa shape index (κ2) is 17.6. The minimum Gasteiger partial charge on any atom is -0.494 e. The molecule has 0 saturated carbocycles. The van der Waals surface area contributed by atoms with Gasteiger partial charge in [-0.25, -0.2) is 0 Å². The molecule has 0 N–H and O–H groups in total. The van der Waals surface area contributed by atoms with Crippen molar-refractivity contribution in [3.8, 4) is 16.9 Å². The molecule has 2 rings (SSSR count). The molecule has 2 aromatic rings. The van der Waals surface area contributed by atoms with Crippen LogP contribution in [0.25, 0.3) is 11.1 Å². The third kappa shape index (κ3) is 11.8. The van der Waals surface area contributed by atoms with Gasteiger partial charge in [-0.2, -0.15) is 0 Å². The number of unbranched alkanes of at least 4 members (excludes halogenated alkanes) is 11. The first-order valence-corrected chi connectivity index (χ1v) is 13.7. The molecule has 0 heterocycles. The molecule has 33 heavy (non-hydrogen) atoms. The molecule has 0 aromatic heterocycles. The Bertz CT molecular complexity index is 705. The monoisotopic (exact) mass is 452 g/mol. The maximum Gasteiger partial charge on any atom is 0.119 e. The molecule has 2 heteroatoms. The molecular weight excluding hydrogens is 404 g/mol. The number of hydrogen-bond acceptors (Lipinski definition) is 2. The zero-order valence-electron chi connectivity index (χ0n) is 21.6. The number of ether oxygens (including phenoxy) is 2. The highest BCUT2D eigenvalue weighted by Gasteiger charge is 2.06. The molecule has 0 amide bonds. The van der Waals surface area contributed by atoms with Gasteiger partial charge in [0.2, 0.25) is 0 Å². The zero-order valence-corrected chi connectivity index (χ0v) is 21.6. The van der Waals surface area contributed by atoms with Crippen molar-refractivity contribution in [2.75, 3.05) is 13.2 Å². The van der Waals surface area contributed by atoms with Crippen LogP contribution in [0.15, 0.2) is 48.5 Å². The highest BCUT2D eigenvalue weighted by Crippen LogP contribution is 2.25. The summed E-state index contributed by atoms with van der Waals surface area (Å²) in [5.74, 6) is 0.942. The molecular formula is C31H48O2. The van der Waals surface area contributed by atoms with Crippen LogP contribution in [-0.4, -0.2) is 13.2 Å². The summed E-state index contributed by atoms with van der Waals surface area (Å²) in [6.07, 6.45) is 17.7. The van der Waals surface area contributed by atoms with E-state index in [2.05, 4.69) is 69.3 Å². The maximum absolute atomic E-state index is 6.10. The van der Waals surface area contributed by atoms with Crippen LogP contribution in [0.2, 0.25) is 0 Å². The van der Waals surface area contributed by atoms with Gasteiger partial charge in [0, 0.05) is 6.61 Å². The summed E-state index contributed by atoms with van der Waals surface area (Å²) in [5, 5.41) is 0. The Hall–Kier alpha value is -1.80. The lowest BCUT2D eigenvalue weighted by atomic mass is 10.0. The average molecular weight is 453 g/mol. The summed E-state index contributed by atoms with van der Waals surface area (Å²) in [7, 11) is 0. The Labute approximate surface area is 204 Å². The first kappa shape index (κ1) is 27.4. The highest BCUT2D eigenvalue weighted by atomic mass is 16.5. The highest BCUT2D eigenvalue weighted by molar-refractivity contribution is 5.64. The standard InChI is InChI=1S/C31H48O2/c1-4-6-7-8-9-10-11-12-13-14-15-16-26-32-27(3)28-17-19-29(20-18-28)30-21-23-31(24-22-30)33-25-5-2/h17-24,27H,4-16,25-26H2,1-3H3. The van der Waals surface area contributed by atoms with E-state index in [1.807, 2.05) is 0 Å². The molecule has 1 atom stereocenters. The van der Waals surface area contributed by atoms with Gasteiger partial charge >= 0.3 is 0 Å². The van der Waals surface area contributed by atoms with Gasteiger partial charge in [-0.15, -0.1) is 0 Å². The predicted octanol–water partition coefficient (Wildman–Crippen LogP) is 9.92. The first-order valence-electron chi connectivity index (χ1n) is 13.7. The van der Waals surface area contributed by atoms with Gasteiger partial charge in [0.1, 0.15) is 5.75 Å². The quantitative estimate of drug-likeness (QED) is 0.197. The lowest BCUT2D eigenvalue weighted by molar-refractivity contribution is 0.0627. The van der Waals surface area contributed by atoms with Crippen LogP contribution < -0.4 is 4.74 Å². The van der Waals surface area contributed by atoms with Gasteiger partial charge in [-0.1, -0.05) is 121 Å². The van der Waals surface area contributed by atoms with Crippen molar-refractivity contribution in [2.45, 2.75) is 110 Å². The lowest BCUT2D eigenvalue weighted by Crippen LogP contribution is -2.01. The summed E-state index contributed by atoms with van der Waals surface area (Å²) in [6, 6.07) is 17.2. The fourth-order valence-corrected chi connectivity index (χ4v) is 4.21. The van der Waals surface area contributed by atoms with Crippen molar-refractivity contribution < 1.29 is 9.47 Å². The van der Waals surface area contributed by atoms with E-state index in [9.17, 15) is 0 Å². The summed E-state index contributed by atoms with van der Waals surface area (Å²) in [4.78, 5) is 0. The maximum atomic E-state index is 6.10. The molecule has 0 aliphatic heterocycles. The molecule has 0 radical (unpaired) electrons. The molecule has 0 bridgehead atoms. The van der Waals surface area contributed by atoms with Crippen molar-refractivity contribution in [1.29, 1.82) is 0 Å². The summed E-state index contributed by atoms with van der Waals surface area (Å²) in [5.41, 5.74) is 3.70. The van der Waals surface area contributed by atoms with E-state index in [1.54, 1.807) is 0 Å². The van der Waals surface area contributed by atoms with Crippen LogP contribution in [0, 0.1) is 0 Å². The van der Waals surface area contributed by atoms with Crippen LogP contribution in [0.4, 0.5) is 0 Å². The molecule has 0 saturated heterocycles. The third-order valence-corrected chi connectivity index (χ3v) is 6.41.